The van der Waals surface area contributed by atoms with Crippen LogP contribution in [0, 0.1) is 0 Å². The van der Waals surface area contributed by atoms with Crippen LogP contribution in [0.1, 0.15) is 19.0 Å². The van der Waals surface area contributed by atoms with Crippen molar-refractivity contribution < 1.29 is 14.7 Å². The second kappa shape index (κ2) is 6.49. The van der Waals surface area contributed by atoms with Crippen LogP contribution in [0.5, 0.6) is 0 Å². The summed E-state index contributed by atoms with van der Waals surface area (Å²) in [6.45, 7) is 1.92. The number of hydrogen-bond donors (Lipinski definition) is 3. The van der Waals surface area contributed by atoms with Crippen molar-refractivity contribution in [1.82, 2.24) is 15.3 Å². The molecule has 1 aromatic heterocycles. The number of aliphatic hydroxyl groups is 1. The SMILES string of the molecule is CCC(CO)Nc1nccc(C=C2SC(=O)NC2=O)n1. The van der Waals surface area contributed by atoms with Crippen LogP contribution >= 0.6 is 11.8 Å². The molecule has 1 aliphatic heterocycles. The Labute approximate surface area is 119 Å². The van der Waals surface area contributed by atoms with Gasteiger partial charge in [-0.3, -0.25) is 14.9 Å². The van der Waals surface area contributed by atoms with E-state index in [9.17, 15) is 9.59 Å². The number of hydrogen-bond acceptors (Lipinski definition) is 7. The number of imide groups is 1. The van der Waals surface area contributed by atoms with Gasteiger partial charge < -0.3 is 10.4 Å². The smallest absolute Gasteiger partial charge is 0.290 e. The molecule has 7 nitrogen and oxygen atoms in total. The highest BCUT2D eigenvalue weighted by Gasteiger charge is 2.25. The summed E-state index contributed by atoms with van der Waals surface area (Å²) in [5.74, 6) is -0.0510. The highest BCUT2D eigenvalue weighted by Crippen LogP contribution is 2.25. The lowest BCUT2D eigenvalue weighted by Gasteiger charge is -2.13. The summed E-state index contributed by atoms with van der Waals surface area (Å²) in [5.41, 5.74) is 0.516. The van der Waals surface area contributed by atoms with Crippen LogP contribution in [0.3, 0.4) is 0 Å². The molecule has 0 aromatic carbocycles. The van der Waals surface area contributed by atoms with Crippen molar-refractivity contribution >= 4 is 34.9 Å². The number of nitrogens with zero attached hydrogens (tertiary/aromatic N) is 2. The third-order valence-electron chi connectivity index (χ3n) is 2.64. The number of carbonyl (C=O) groups is 2. The number of rotatable bonds is 5. The van der Waals surface area contributed by atoms with Gasteiger partial charge in [-0.2, -0.15) is 0 Å². The zero-order valence-corrected chi connectivity index (χ0v) is 11.6. The molecule has 106 valence electrons. The molecule has 0 spiro atoms. The third-order valence-corrected chi connectivity index (χ3v) is 3.46. The molecule has 1 aliphatic rings. The van der Waals surface area contributed by atoms with Gasteiger partial charge in [0.15, 0.2) is 0 Å². The number of carbonyl (C=O) groups excluding carboxylic acids is 2. The van der Waals surface area contributed by atoms with Crippen LogP contribution in [0.25, 0.3) is 6.08 Å². The molecule has 3 N–H and O–H groups in total. The van der Waals surface area contributed by atoms with Crippen molar-refractivity contribution in [3.63, 3.8) is 0 Å². The first-order valence-electron chi connectivity index (χ1n) is 6.07. The number of anilines is 1. The highest BCUT2D eigenvalue weighted by molar-refractivity contribution is 8.18. The number of thioether (sulfide) groups is 1. The topological polar surface area (TPSA) is 104 Å². The first-order chi connectivity index (χ1) is 9.62. The molecule has 20 heavy (non-hydrogen) atoms. The van der Waals surface area contributed by atoms with Crippen LogP contribution in [0.4, 0.5) is 10.7 Å². The zero-order valence-electron chi connectivity index (χ0n) is 10.8. The van der Waals surface area contributed by atoms with E-state index in [-0.39, 0.29) is 17.9 Å². The Hall–Kier alpha value is -1.93. The fourth-order valence-electron chi connectivity index (χ4n) is 1.54. The Morgan fingerprint density at radius 1 is 1.55 bits per heavy atom. The van der Waals surface area contributed by atoms with Crippen molar-refractivity contribution in [2.24, 2.45) is 0 Å². The second-order valence-corrected chi connectivity index (χ2v) is 5.10. The fraction of sp³-hybridized carbons (Fsp3) is 0.333. The van der Waals surface area contributed by atoms with Gasteiger partial charge in [-0.25, -0.2) is 9.97 Å². The minimum atomic E-state index is -0.421. The Morgan fingerprint density at radius 3 is 2.95 bits per heavy atom. The van der Waals surface area contributed by atoms with E-state index in [4.69, 9.17) is 5.11 Å². The van der Waals surface area contributed by atoms with E-state index in [1.807, 2.05) is 6.92 Å². The molecule has 1 unspecified atom stereocenters. The molecule has 1 saturated heterocycles. The van der Waals surface area contributed by atoms with Gasteiger partial charge in [0, 0.05) is 6.20 Å². The molecule has 1 aromatic rings. The van der Waals surface area contributed by atoms with Crippen LogP contribution in [-0.4, -0.2) is 38.9 Å². The standard InChI is InChI=1S/C12H14N4O3S/c1-2-7(6-17)14-11-13-4-3-8(15-11)5-9-10(18)16-12(19)20-9/h3-5,7,17H,2,6H2,1H3,(H,13,14,15)(H,16,18,19). The quantitative estimate of drug-likeness (QED) is 0.695. The van der Waals surface area contributed by atoms with Crippen molar-refractivity contribution in [1.29, 1.82) is 0 Å². The normalized spacial score (nSPS) is 18.2. The predicted octanol–water partition coefficient (Wildman–Crippen LogP) is 0.983. The monoisotopic (exact) mass is 294 g/mol. The zero-order chi connectivity index (χ0) is 14.5. The van der Waals surface area contributed by atoms with Crippen LogP contribution in [0.2, 0.25) is 0 Å². The lowest BCUT2D eigenvalue weighted by atomic mass is 10.2. The summed E-state index contributed by atoms with van der Waals surface area (Å²) in [6, 6.07) is 1.51. The molecule has 2 amide bonds. The Bertz CT molecular complexity index is 557. The fourth-order valence-corrected chi connectivity index (χ4v) is 2.20. The maximum Gasteiger partial charge on any atom is 0.290 e. The third kappa shape index (κ3) is 3.55. The molecule has 2 rings (SSSR count). The van der Waals surface area contributed by atoms with Crippen molar-refractivity contribution in [3.8, 4) is 0 Å². The molecule has 8 heteroatoms. The van der Waals surface area contributed by atoms with Crippen LogP contribution < -0.4 is 10.6 Å². The number of aliphatic hydroxyl groups excluding tert-OH is 1. The summed E-state index contributed by atoms with van der Waals surface area (Å²) in [5, 5.41) is 13.9. The first kappa shape index (κ1) is 14.5. The molecule has 2 heterocycles. The molecular formula is C12H14N4O3S. The average Bonchev–Trinajstić information content (AvgIpc) is 2.74. The van der Waals surface area contributed by atoms with E-state index in [2.05, 4.69) is 20.6 Å². The molecule has 1 fully saturated rings. The van der Waals surface area contributed by atoms with Gasteiger partial charge in [0.2, 0.25) is 5.95 Å². The molecule has 1 atom stereocenters. The predicted molar refractivity (Wildman–Crippen MR) is 75.9 cm³/mol. The number of nitrogens with one attached hydrogen (secondary N) is 2. The van der Waals surface area contributed by atoms with Gasteiger partial charge in [0.05, 0.1) is 23.2 Å². The van der Waals surface area contributed by atoms with Gasteiger partial charge in [-0.05, 0) is 30.3 Å². The molecule has 0 radical (unpaired) electrons. The van der Waals surface area contributed by atoms with E-state index >= 15 is 0 Å². The Morgan fingerprint density at radius 2 is 2.35 bits per heavy atom. The molecular weight excluding hydrogens is 280 g/mol. The van der Waals surface area contributed by atoms with Gasteiger partial charge in [0.25, 0.3) is 11.1 Å². The van der Waals surface area contributed by atoms with Gasteiger partial charge >= 0.3 is 0 Å². The van der Waals surface area contributed by atoms with E-state index in [1.165, 1.54) is 6.08 Å². The summed E-state index contributed by atoms with van der Waals surface area (Å²) >= 11 is 0.838. The lowest BCUT2D eigenvalue weighted by molar-refractivity contribution is -0.115. The summed E-state index contributed by atoms with van der Waals surface area (Å²) in [7, 11) is 0. The minimum absolute atomic E-state index is 0.0159. The number of aromatic nitrogens is 2. The Kier molecular flexibility index (Phi) is 4.70. The van der Waals surface area contributed by atoms with Crippen LogP contribution in [0.15, 0.2) is 17.2 Å². The molecule has 0 saturated carbocycles. The molecule has 0 aliphatic carbocycles. The van der Waals surface area contributed by atoms with Crippen molar-refractivity contribution in [2.45, 2.75) is 19.4 Å². The van der Waals surface area contributed by atoms with Crippen LogP contribution in [-0.2, 0) is 4.79 Å². The maximum absolute atomic E-state index is 11.4. The minimum Gasteiger partial charge on any atom is -0.394 e. The Balaban J connectivity index is 2.16. The summed E-state index contributed by atoms with van der Waals surface area (Å²) in [6.07, 6.45) is 3.81. The van der Waals surface area contributed by atoms with Gasteiger partial charge in [-0.15, -0.1) is 0 Å². The first-order valence-corrected chi connectivity index (χ1v) is 6.89. The van der Waals surface area contributed by atoms with E-state index in [0.29, 0.717) is 16.5 Å². The van der Waals surface area contributed by atoms with E-state index < -0.39 is 5.91 Å². The van der Waals surface area contributed by atoms with E-state index in [1.54, 1.807) is 12.3 Å². The number of amides is 2. The summed E-state index contributed by atoms with van der Waals surface area (Å²) in [4.78, 5) is 31.1. The molecule has 0 bridgehead atoms. The highest BCUT2D eigenvalue weighted by atomic mass is 32.2. The lowest BCUT2D eigenvalue weighted by Crippen LogP contribution is -2.23. The largest absolute Gasteiger partial charge is 0.394 e. The second-order valence-electron chi connectivity index (χ2n) is 4.09. The van der Waals surface area contributed by atoms with E-state index in [0.717, 1.165) is 18.2 Å². The summed E-state index contributed by atoms with van der Waals surface area (Å²) < 4.78 is 0. The van der Waals surface area contributed by atoms with Gasteiger partial charge in [-0.1, -0.05) is 6.92 Å². The van der Waals surface area contributed by atoms with Gasteiger partial charge in [0.1, 0.15) is 0 Å². The van der Waals surface area contributed by atoms with Crippen molar-refractivity contribution in [3.05, 3.63) is 22.9 Å². The average molecular weight is 294 g/mol. The van der Waals surface area contributed by atoms with Crippen molar-refractivity contribution in [2.75, 3.05) is 11.9 Å². The maximum atomic E-state index is 11.4.